The predicted molar refractivity (Wildman–Crippen MR) is 113 cm³/mol. The summed E-state index contributed by atoms with van der Waals surface area (Å²) in [6.07, 6.45) is 9.86. The largest absolute Gasteiger partial charge is 0.422 e. The van der Waals surface area contributed by atoms with Gasteiger partial charge in [0.25, 0.3) is 5.88 Å². The predicted octanol–water partition coefficient (Wildman–Crippen LogP) is 6.76. The zero-order valence-electron chi connectivity index (χ0n) is 15.9. The van der Waals surface area contributed by atoms with E-state index in [2.05, 4.69) is 28.5 Å². The smallest absolute Gasteiger partial charge is 0.252 e. The van der Waals surface area contributed by atoms with Crippen LogP contribution in [0, 0.1) is 17.2 Å². The Morgan fingerprint density at radius 2 is 2.00 bits per heavy atom. The molecule has 1 aromatic carbocycles. The lowest BCUT2D eigenvalue weighted by Gasteiger charge is -2.26. The third-order valence-corrected chi connectivity index (χ3v) is 5.93. The van der Waals surface area contributed by atoms with Crippen molar-refractivity contribution in [3.63, 3.8) is 0 Å². The van der Waals surface area contributed by atoms with E-state index in [0.29, 0.717) is 21.5 Å². The summed E-state index contributed by atoms with van der Waals surface area (Å²) in [5, 5.41) is 14.5. The van der Waals surface area contributed by atoms with Gasteiger partial charge in [-0.15, -0.1) is 0 Å². The minimum Gasteiger partial charge on any atom is -0.422 e. The van der Waals surface area contributed by atoms with Gasteiger partial charge in [0.05, 0.1) is 16.3 Å². The Kier molecular flexibility index (Phi) is 7.36. The van der Waals surface area contributed by atoms with Crippen LogP contribution in [0.2, 0.25) is 10.0 Å². The summed E-state index contributed by atoms with van der Waals surface area (Å²) in [7, 11) is 0. The van der Waals surface area contributed by atoms with Crippen molar-refractivity contribution in [1.82, 2.24) is 4.98 Å². The lowest BCUT2D eigenvalue weighted by Crippen LogP contribution is -2.13. The van der Waals surface area contributed by atoms with E-state index in [9.17, 15) is 5.26 Å². The van der Waals surface area contributed by atoms with Crippen molar-refractivity contribution in [2.75, 3.05) is 5.43 Å². The molecule has 0 unspecified atom stereocenters. The maximum absolute atomic E-state index is 9.37. The van der Waals surface area contributed by atoms with Gasteiger partial charge in [-0.2, -0.15) is 10.4 Å². The normalized spacial score (nSPS) is 19.6. The van der Waals surface area contributed by atoms with Crippen LogP contribution in [0.5, 0.6) is 0 Å². The molecule has 0 bridgehead atoms. The minimum absolute atomic E-state index is 0.213. The third-order valence-electron chi connectivity index (χ3n) is 5.27. The molecule has 5 nitrogen and oxygen atoms in total. The van der Waals surface area contributed by atoms with E-state index in [1.54, 1.807) is 18.2 Å². The number of halogens is 2. The highest BCUT2D eigenvalue weighted by Crippen LogP contribution is 2.38. The molecule has 0 amide bonds. The van der Waals surface area contributed by atoms with Gasteiger partial charge in [0.2, 0.25) is 11.6 Å². The molecule has 0 atom stereocenters. The van der Waals surface area contributed by atoms with Gasteiger partial charge >= 0.3 is 0 Å². The highest BCUT2D eigenvalue weighted by molar-refractivity contribution is 6.38. The molecule has 0 saturated heterocycles. The maximum Gasteiger partial charge on any atom is 0.252 e. The standard InChI is InChI=1S/C21H24Cl2N4O/c1-2-3-5-14-8-10-15(11-9-14)20-26-19(12-24)21(28-20)27-25-13-16-17(22)6-4-7-18(16)23/h4,6-7,13-15,27H,2-3,5,8-11H2,1H3/b25-13+. The van der Waals surface area contributed by atoms with E-state index in [1.165, 1.54) is 38.3 Å². The molecular weight excluding hydrogens is 395 g/mol. The van der Waals surface area contributed by atoms with Crippen LogP contribution in [0.25, 0.3) is 0 Å². The molecule has 1 aliphatic carbocycles. The first-order valence-electron chi connectivity index (χ1n) is 9.76. The average Bonchev–Trinajstić information content (AvgIpc) is 3.12. The van der Waals surface area contributed by atoms with Crippen LogP contribution < -0.4 is 5.43 Å². The number of hydrogen-bond acceptors (Lipinski definition) is 5. The number of unbranched alkanes of at least 4 members (excludes halogenated alkanes) is 1. The van der Waals surface area contributed by atoms with E-state index in [0.717, 1.165) is 18.8 Å². The molecule has 0 aliphatic heterocycles. The fraction of sp³-hybridized carbons (Fsp3) is 0.476. The molecule has 1 heterocycles. The summed E-state index contributed by atoms with van der Waals surface area (Å²) in [4.78, 5) is 4.38. The monoisotopic (exact) mass is 418 g/mol. The molecule has 0 radical (unpaired) electrons. The Hall–Kier alpha value is -2.03. The molecule has 1 aromatic heterocycles. The van der Waals surface area contributed by atoms with Crippen molar-refractivity contribution in [3.8, 4) is 6.07 Å². The van der Waals surface area contributed by atoms with E-state index < -0.39 is 0 Å². The molecule has 1 aliphatic rings. The summed E-state index contributed by atoms with van der Waals surface area (Å²) >= 11 is 12.3. The molecule has 1 saturated carbocycles. The second-order valence-corrected chi connectivity index (χ2v) is 8.02. The van der Waals surface area contributed by atoms with Gasteiger partial charge in [0.1, 0.15) is 6.07 Å². The first-order valence-corrected chi connectivity index (χ1v) is 10.5. The number of hydrogen-bond donors (Lipinski definition) is 1. The molecular formula is C21H24Cl2N4O. The van der Waals surface area contributed by atoms with Crippen molar-refractivity contribution in [2.45, 2.75) is 57.8 Å². The summed E-state index contributed by atoms with van der Waals surface area (Å²) in [5.41, 5.74) is 3.58. The second kappa shape index (κ2) is 9.95. The molecule has 1 N–H and O–H groups in total. The first-order chi connectivity index (χ1) is 13.6. The number of nitrogens with one attached hydrogen (secondary N) is 1. The average molecular weight is 419 g/mol. The maximum atomic E-state index is 9.37. The minimum atomic E-state index is 0.213. The number of aromatic nitrogens is 1. The Bertz CT molecular complexity index is 844. The van der Waals surface area contributed by atoms with Gasteiger partial charge in [-0.3, -0.25) is 0 Å². The Balaban J connectivity index is 1.65. The Labute approximate surface area is 175 Å². The fourth-order valence-corrected chi connectivity index (χ4v) is 4.14. The van der Waals surface area contributed by atoms with E-state index in [-0.39, 0.29) is 17.5 Å². The second-order valence-electron chi connectivity index (χ2n) is 7.21. The molecule has 7 heteroatoms. The van der Waals surface area contributed by atoms with Crippen LogP contribution in [-0.4, -0.2) is 11.2 Å². The molecule has 28 heavy (non-hydrogen) atoms. The van der Waals surface area contributed by atoms with Gasteiger partial charge in [-0.05, 0) is 43.7 Å². The fourth-order valence-electron chi connectivity index (χ4n) is 3.64. The lowest BCUT2D eigenvalue weighted by atomic mass is 9.80. The van der Waals surface area contributed by atoms with E-state index >= 15 is 0 Å². The molecule has 148 valence electrons. The lowest BCUT2D eigenvalue weighted by molar-refractivity contribution is 0.278. The van der Waals surface area contributed by atoms with Crippen molar-refractivity contribution in [3.05, 3.63) is 45.4 Å². The SMILES string of the molecule is CCCCC1CCC(c2nc(C#N)c(N/N=C/c3c(Cl)cccc3Cl)o2)CC1. The number of rotatable bonds is 7. The topological polar surface area (TPSA) is 74.2 Å². The Morgan fingerprint density at radius 3 is 2.64 bits per heavy atom. The number of anilines is 1. The third kappa shape index (κ3) is 5.06. The summed E-state index contributed by atoms with van der Waals surface area (Å²) < 4.78 is 5.84. The van der Waals surface area contributed by atoms with E-state index in [4.69, 9.17) is 27.6 Å². The van der Waals surface area contributed by atoms with Crippen LogP contribution in [0.3, 0.4) is 0 Å². The highest BCUT2D eigenvalue weighted by Gasteiger charge is 2.27. The molecule has 3 rings (SSSR count). The van der Waals surface area contributed by atoms with Crippen LogP contribution >= 0.6 is 23.2 Å². The van der Waals surface area contributed by atoms with Gasteiger partial charge < -0.3 is 4.42 Å². The molecule has 1 fully saturated rings. The van der Waals surface area contributed by atoms with Gasteiger partial charge in [-0.25, -0.2) is 10.4 Å². The van der Waals surface area contributed by atoms with Gasteiger partial charge in [0.15, 0.2) is 0 Å². The summed E-state index contributed by atoms with van der Waals surface area (Å²) in [5.74, 6) is 1.95. The zero-order valence-corrected chi connectivity index (χ0v) is 17.4. The van der Waals surface area contributed by atoms with Gasteiger partial charge in [0, 0.05) is 11.5 Å². The quantitative estimate of drug-likeness (QED) is 0.397. The zero-order chi connectivity index (χ0) is 19.9. The summed E-state index contributed by atoms with van der Waals surface area (Å²) in [6, 6.07) is 7.31. The van der Waals surface area contributed by atoms with Crippen LogP contribution in [0.1, 0.15) is 74.9 Å². The van der Waals surface area contributed by atoms with Crippen molar-refractivity contribution in [1.29, 1.82) is 5.26 Å². The number of hydrazone groups is 1. The molecule has 0 spiro atoms. The number of nitriles is 1. The van der Waals surface area contributed by atoms with Crippen molar-refractivity contribution >= 4 is 35.3 Å². The number of benzene rings is 1. The van der Waals surface area contributed by atoms with Crippen molar-refractivity contribution < 1.29 is 4.42 Å². The van der Waals surface area contributed by atoms with E-state index in [1.807, 2.05) is 0 Å². The van der Waals surface area contributed by atoms with Crippen LogP contribution in [0.15, 0.2) is 27.7 Å². The van der Waals surface area contributed by atoms with Crippen LogP contribution in [0.4, 0.5) is 5.88 Å². The van der Waals surface area contributed by atoms with Crippen LogP contribution in [-0.2, 0) is 0 Å². The summed E-state index contributed by atoms with van der Waals surface area (Å²) in [6.45, 7) is 2.23. The van der Waals surface area contributed by atoms with Gasteiger partial charge in [-0.1, -0.05) is 55.5 Å². The number of nitrogens with zero attached hydrogens (tertiary/aromatic N) is 3. The number of oxazole rings is 1. The first kappa shape index (κ1) is 20.7. The highest BCUT2D eigenvalue weighted by atomic mass is 35.5. The molecule has 2 aromatic rings. The van der Waals surface area contributed by atoms with Crippen molar-refractivity contribution in [2.24, 2.45) is 11.0 Å². The Morgan fingerprint density at radius 1 is 1.29 bits per heavy atom.